The van der Waals surface area contributed by atoms with Crippen LogP contribution in [0.3, 0.4) is 0 Å². The van der Waals surface area contributed by atoms with E-state index in [0.29, 0.717) is 43.0 Å². The Morgan fingerprint density at radius 3 is 2.26 bits per heavy atom. The molecule has 9 heteroatoms. The molecule has 0 radical (unpaired) electrons. The lowest BCUT2D eigenvalue weighted by Gasteiger charge is -2.09. The van der Waals surface area contributed by atoms with Gasteiger partial charge in [-0.3, -0.25) is 0 Å². The lowest BCUT2D eigenvalue weighted by Crippen LogP contribution is -2.13. The number of hydrogen-bond donors (Lipinski definition) is 1. The highest BCUT2D eigenvalue weighted by Crippen LogP contribution is 2.37. The Kier molecular flexibility index (Phi) is 3.87. The molecule has 0 spiro atoms. The third-order valence-electron chi connectivity index (χ3n) is 5.36. The van der Waals surface area contributed by atoms with Crippen LogP contribution in [0.15, 0.2) is 71.6 Å². The van der Waals surface area contributed by atoms with Gasteiger partial charge in [0.2, 0.25) is 0 Å². The van der Waals surface area contributed by atoms with Crippen LogP contribution in [-0.2, 0) is 10.0 Å². The van der Waals surface area contributed by atoms with Crippen LogP contribution in [0, 0.1) is 0 Å². The van der Waals surface area contributed by atoms with Crippen LogP contribution in [0.5, 0.6) is 0 Å². The Morgan fingerprint density at radius 1 is 0.806 bits per heavy atom. The van der Waals surface area contributed by atoms with Gasteiger partial charge in [-0.1, -0.05) is 41.4 Å². The monoisotopic (exact) mass is 466 g/mol. The number of rotatable bonds is 2. The molecule has 6 rings (SSSR count). The third-order valence-corrected chi connectivity index (χ3v) is 7.56. The lowest BCUT2D eigenvalue weighted by molar-refractivity contribution is 0.590. The molecule has 6 nitrogen and oxygen atoms in total. The molecule has 152 valence electrons. The van der Waals surface area contributed by atoms with Crippen molar-refractivity contribution < 1.29 is 8.42 Å². The number of aromatic nitrogens is 4. The number of benzene rings is 3. The maximum atomic E-state index is 13.8. The van der Waals surface area contributed by atoms with Crippen molar-refractivity contribution in [2.45, 2.75) is 4.90 Å². The number of nitrogens with one attached hydrogen (secondary N) is 1. The first kappa shape index (κ1) is 18.6. The first-order valence-electron chi connectivity index (χ1n) is 9.33. The van der Waals surface area contributed by atoms with Crippen molar-refractivity contribution in [1.29, 1.82) is 0 Å². The van der Waals surface area contributed by atoms with E-state index in [1.165, 1.54) is 3.97 Å². The van der Waals surface area contributed by atoms with Crippen molar-refractivity contribution in [1.82, 2.24) is 19.2 Å². The average molecular weight is 467 g/mol. The Labute approximate surface area is 186 Å². The van der Waals surface area contributed by atoms with Gasteiger partial charge in [-0.15, -0.1) is 10.2 Å². The predicted molar refractivity (Wildman–Crippen MR) is 123 cm³/mol. The van der Waals surface area contributed by atoms with E-state index in [1.807, 2.05) is 6.07 Å². The van der Waals surface area contributed by atoms with Gasteiger partial charge in [0, 0.05) is 26.3 Å². The van der Waals surface area contributed by atoms with E-state index in [1.54, 1.807) is 60.7 Å². The Balaban J connectivity index is 1.87. The molecule has 3 heterocycles. The minimum atomic E-state index is -3.94. The molecule has 0 saturated heterocycles. The molecule has 0 saturated carbocycles. The van der Waals surface area contributed by atoms with Gasteiger partial charge < -0.3 is 4.98 Å². The highest BCUT2D eigenvalue weighted by atomic mass is 35.5. The highest BCUT2D eigenvalue weighted by Gasteiger charge is 2.27. The summed E-state index contributed by atoms with van der Waals surface area (Å²) in [4.78, 5) is 3.48. The zero-order valence-corrected chi connectivity index (χ0v) is 18.0. The number of H-pyrrole nitrogens is 1. The Hall–Kier alpha value is -3.13. The van der Waals surface area contributed by atoms with E-state index >= 15 is 0 Å². The molecule has 31 heavy (non-hydrogen) atoms. The molecule has 0 atom stereocenters. The summed E-state index contributed by atoms with van der Waals surface area (Å²) in [6.45, 7) is 0. The number of halogens is 2. The lowest BCUT2D eigenvalue weighted by atomic mass is 10.2. The van der Waals surface area contributed by atoms with Gasteiger partial charge in [0.25, 0.3) is 10.0 Å². The molecule has 6 aromatic rings. The number of nitrogens with zero attached hydrogens (tertiary/aromatic N) is 3. The molecule has 0 aliphatic heterocycles. The fraction of sp³-hybridized carbons (Fsp3) is 0. The number of hydrogen-bond acceptors (Lipinski definition) is 4. The van der Waals surface area contributed by atoms with E-state index in [4.69, 9.17) is 23.2 Å². The fourth-order valence-corrected chi connectivity index (χ4v) is 5.91. The van der Waals surface area contributed by atoms with Crippen LogP contribution in [0.1, 0.15) is 0 Å². The van der Waals surface area contributed by atoms with Gasteiger partial charge in [-0.25, -0.2) is 12.4 Å². The summed E-state index contributed by atoms with van der Waals surface area (Å²) in [6.07, 6.45) is 0. The highest BCUT2D eigenvalue weighted by molar-refractivity contribution is 7.90. The van der Waals surface area contributed by atoms with Gasteiger partial charge in [0.05, 0.1) is 15.9 Å². The molecular weight excluding hydrogens is 455 g/mol. The van der Waals surface area contributed by atoms with Crippen molar-refractivity contribution in [3.05, 3.63) is 76.8 Å². The maximum Gasteiger partial charge on any atom is 0.268 e. The molecule has 0 unspecified atom stereocenters. The van der Waals surface area contributed by atoms with Crippen molar-refractivity contribution in [2.75, 3.05) is 0 Å². The normalized spacial score (nSPS) is 12.5. The molecule has 0 bridgehead atoms. The second-order valence-electron chi connectivity index (χ2n) is 7.18. The summed E-state index contributed by atoms with van der Waals surface area (Å²) < 4.78 is 28.9. The smallest absolute Gasteiger partial charge is 0.268 e. The summed E-state index contributed by atoms with van der Waals surface area (Å²) >= 11 is 12.4. The largest absolute Gasteiger partial charge is 0.351 e. The molecule has 1 N–H and O–H groups in total. The van der Waals surface area contributed by atoms with E-state index in [-0.39, 0.29) is 4.90 Å². The minimum Gasteiger partial charge on any atom is -0.351 e. The minimum absolute atomic E-state index is 0.174. The first-order chi connectivity index (χ1) is 14.9. The van der Waals surface area contributed by atoms with E-state index in [2.05, 4.69) is 15.2 Å². The quantitative estimate of drug-likeness (QED) is 0.351. The first-order valence-corrected chi connectivity index (χ1v) is 11.5. The Bertz CT molecular complexity index is 1770. The average Bonchev–Trinajstić information content (AvgIpc) is 3.30. The van der Waals surface area contributed by atoms with Crippen molar-refractivity contribution in [3.8, 4) is 0 Å². The summed E-state index contributed by atoms with van der Waals surface area (Å²) in [5.74, 6) is 0. The fourth-order valence-electron chi connectivity index (χ4n) is 4.01. The van der Waals surface area contributed by atoms with E-state index in [0.717, 1.165) is 10.9 Å². The van der Waals surface area contributed by atoms with Crippen molar-refractivity contribution in [2.24, 2.45) is 0 Å². The second kappa shape index (κ2) is 6.43. The summed E-state index contributed by atoms with van der Waals surface area (Å²) in [6, 6.07) is 18.7. The van der Waals surface area contributed by atoms with Crippen molar-refractivity contribution in [3.63, 3.8) is 0 Å². The predicted octanol–water partition coefficient (Wildman–Crippen LogP) is 5.76. The topological polar surface area (TPSA) is 80.6 Å². The molecule has 0 aliphatic rings. The van der Waals surface area contributed by atoms with Crippen LogP contribution >= 0.6 is 23.2 Å². The zero-order chi connectivity index (χ0) is 21.3. The van der Waals surface area contributed by atoms with Crippen molar-refractivity contribution >= 4 is 77.1 Å². The molecule has 0 aliphatic carbocycles. The number of fused-ring (bicyclic) bond motifs is 7. The van der Waals surface area contributed by atoms with Gasteiger partial charge in [-0.2, -0.15) is 0 Å². The van der Waals surface area contributed by atoms with Gasteiger partial charge in [0.15, 0.2) is 0 Å². The summed E-state index contributed by atoms with van der Waals surface area (Å²) in [5, 5.41) is 11.2. The maximum absolute atomic E-state index is 13.8. The van der Waals surface area contributed by atoms with E-state index < -0.39 is 10.0 Å². The number of aromatic amines is 1. The zero-order valence-electron chi connectivity index (χ0n) is 15.7. The molecular formula is C22H12Cl2N4O2S. The van der Waals surface area contributed by atoms with Gasteiger partial charge >= 0.3 is 0 Å². The second-order valence-corrected chi connectivity index (χ2v) is 9.84. The van der Waals surface area contributed by atoms with Crippen LogP contribution in [0.2, 0.25) is 10.0 Å². The van der Waals surface area contributed by atoms with Crippen LogP contribution < -0.4 is 0 Å². The Morgan fingerprint density at radius 2 is 1.48 bits per heavy atom. The molecule has 3 aromatic heterocycles. The summed E-state index contributed by atoms with van der Waals surface area (Å²) in [7, 11) is -3.94. The van der Waals surface area contributed by atoms with E-state index in [9.17, 15) is 8.42 Å². The van der Waals surface area contributed by atoms with Crippen LogP contribution in [0.25, 0.3) is 43.9 Å². The molecule has 0 amide bonds. The SMILES string of the molecule is O=S(=O)(c1ccccc1)n1c2ccc(Cl)cc2c2nnc3c4cc(Cl)ccc4[nH]c3c21. The molecule has 3 aromatic carbocycles. The third kappa shape index (κ3) is 2.61. The van der Waals surface area contributed by atoms with Gasteiger partial charge in [0.1, 0.15) is 16.6 Å². The standard InChI is InChI=1S/C22H12Cl2N4O2S/c23-12-6-8-17-15(10-12)19-21(25-17)22-20(27-26-19)16-11-13(24)7-9-18(16)28(22)31(29,30)14-4-2-1-3-5-14/h1-11,25H. The van der Waals surface area contributed by atoms with Crippen LogP contribution in [0.4, 0.5) is 0 Å². The van der Waals surface area contributed by atoms with Crippen LogP contribution in [-0.4, -0.2) is 27.6 Å². The summed E-state index contributed by atoms with van der Waals surface area (Å²) in [5.41, 5.74) is 3.23. The molecule has 0 fully saturated rings. The van der Waals surface area contributed by atoms with Gasteiger partial charge in [-0.05, 0) is 48.5 Å².